The summed E-state index contributed by atoms with van der Waals surface area (Å²) in [5.74, 6) is 0.716. The summed E-state index contributed by atoms with van der Waals surface area (Å²) in [6.45, 7) is 3.55. The summed E-state index contributed by atoms with van der Waals surface area (Å²) in [6.07, 6.45) is 0. The van der Waals surface area contributed by atoms with E-state index in [9.17, 15) is 10.1 Å². The third-order valence-electron chi connectivity index (χ3n) is 2.55. The molecule has 0 saturated heterocycles. The van der Waals surface area contributed by atoms with E-state index in [1.807, 2.05) is 6.07 Å². The summed E-state index contributed by atoms with van der Waals surface area (Å²) < 4.78 is 5.50. The summed E-state index contributed by atoms with van der Waals surface area (Å²) in [4.78, 5) is 14.6. The number of pyridine rings is 1. The Morgan fingerprint density at radius 3 is 2.68 bits per heavy atom. The third kappa shape index (κ3) is 2.79. The Balaban J connectivity index is 2.47. The number of nitrogen functional groups attached to an aromatic ring is 1. The third-order valence-corrected chi connectivity index (χ3v) is 2.55. The molecule has 0 amide bonds. The van der Waals surface area contributed by atoms with Crippen LogP contribution in [0.5, 0.6) is 11.6 Å². The molecular formula is C13H13N3O3. The van der Waals surface area contributed by atoms with Gasteiger partial charge in [-0.15, -0.1) is 0 Å². The molecule has 0 atom stereocenters. The van der Waals surface area contributed by atoms with Crippen LogP contribution in [0.1, 0.15) is 11.1 Å². The number of rotatable bonds is 3. The van der Waals surface area contributed by atoms with Gasteiger partial charge in [0.15, 0.2) is 0 Å². The largest absolute Gasteiger partial charge is 0.431 e. The molecule has 2 aromatic rings. The van der Waals surface area contributed by atoms with Crippen molar-refractivity contribution >= 4 is 11.5 Å². The molecule has 1 aromatic carbocycles. The molecule has 0 fully saturated rings. The maximum atomic E-state index is 11.1. The van der Waals surface area contributed by atoms with Gasteiger partial charge in [0.05, 0.1) is 4.92 Å². The topological polar surface area (TPSA) is 91.3 Å². The second kappa shape index (κ2) is 4.93. The van der Waals surface area contributed by atoms with Crippen LogP contribution in [0.4, 0.5) is 11.5 Å². The first-order chi connectivity index (χ1) is 8.97. The van der Waals surface area contributed by atoms with E-state index in [0.29, 0.717) is 11.4 Å². The number of nitrogens with zero attached hydrogens (tertiary/aromatic N) is 2. The fourth-order valence-electron chi connectivity index (χ4n) is 1.79. The minimum absolute atomic E-state index is 0.0817. The monoisotopic (exact) mass is 259 g/mol. The summed E-state index contributed by atoms with van der Waals surface area (Å²) in [5, 5.41) is 11.1. The van der Waals surface area contributed by atoms with Crippen molar-refractivity contribution in [2.75, 3.05) is 5.73 Å². The zero-order valence-electron chi connectivity index (χ0n) is 10.6. The van der Waals surface area contributed by atoms with Crippen molar-refractivity contribution in [3.05, 3.63) is 51.6 Å². The van der Waals surface area contributed by atoms with E-state index in [4.69, 9.17) is 10.5 Å². The van der Waals surface area contributed by atoms with Crippen LogP contribution in [-0.2, 0) is 0 Å². The van der Waals surface area contributed by atoms with Gasteiger partial charge in [-0.3, -0.25) is 10.1 Å². The van der Waals surface area contributed by atoms with Gasteiger partial charge in [0.1, 0.15) is 5.82 Å². The number of nitro benzene ring substituents is 1. The van der Waals surface area contributed by atoms with Gasteiger partial charge < -0.3 is 10.5 Å². The number of hydrogen-bond donors (Lipinski definition) is 1. The van der Waals surface area contributed by atoms with Crippen molar-refractivity contribution in [1.82, 2.24) is 4.98 Å². The highest BCUT2D eigenvalue weighted by atomic mass is 16.6. The second-order valence-electron chi connectivity index (χ2n) is 4.19. The first-order valence-corrected chi connectivity index (χ1v) is 5.63. The lowest BCUT2D eigenvalue weighted by atomic mass is 10.1. The average Bonchev–Trinajstić information content (AvgIpc) is 2.32. The molecule has 98 valence electrons. The quantitative estimate of drug-likeness (QED) is 0.675. The van der Waals surface area contributed by atoms with E-state index in [1.54, 1.807) is 32.0 Å². The normalized spacial score (nSPS) is 10.2. The molecular weight excluding hydrogens is 246 g/mol. The first-order valence-electron chi connectivity index (χ1n) is 5.63. The van der Waals surface area contributed by atoms with Crippen molar-refractivity contribution in [2.45, 2.75) is 13.8 Å². The van der Waals surface area contributed by atoms with Gasteiger partial charge in [0, 0.05) is 12.1 Å². The van der Waals surface area contributed by atoms with Gasteiger partial charge in [-0.05, 0) is 31.0 Å². The van der Waals surface area contributed by atoms with Crippen molar-refractivity contribution in [3.63, 3.8) is 0 Å². The molecule has 0 aliphatic carbocycles. The Hall–Kier alpha value is -2.63. The summed E-state index contributed by atoms with van der Waals surface area (Å²) >= 11 is 0. The maximum Gasteiger partial charge on any atom is 0.312 e. The fourth-order valence-corrected chi connectivity index (χ4v) is 1.79. The molecule has 6 heteroatoms. The Bertz CT molecular complexity index is 641. The predicted octanol–water partition coefficient (Wildman–Crippen LogP) is 2.98. The molecule has 0 radical (unpaired) electrons. The molecule has 1 heterocycles. The number of hydrogen-bond acceptors (Lipinski definition) is 5. The molecule has 1 aromatic heterocycles. The molecule has 2 rings (SSSR count). The van der Waals surface area contributed by atoms with Crippen LogP contribution in [-0.4, -0.2) is 9.91 Å². The van der Waals surface area contributed by atoms with E-state index < -0.39 is 4.92 Å². The number of aromatic nitrogens is 1. The number of nitrogens with two attached hydrogens (primary N) is 1. The molecule has 0 unspecified atom stereocenters. The molecule has 0 saturated carbocycles. The first kappa shape index (κ1) is 12.8. The second-order valence-corrected chi connectivity index (χ2v) is 4.19. The van der Waals surface area contributed by atoms with Crippen molar-refractivity contribution in [3.8, 4) is 11.6 Å². The van der Waals surface area contributed by atoms with E-state index in [-0.39, 0.29) is 17.3 Å². The van der Waals surface area contributed by atoms with Crippen LogP contribution < -0.4 is 10.5 Å². The minimum atomic E-state index is -0.471. The molecule has 0 spiro atoms. The van der Waals surface area contributed by atoms with Gasteiger partial charge in [-0.1, -0.05) is 12.1 Å². The Morgan fingerprint density at radius 2 is 2.05 bits per heavy atom. The summed E-state index contributed by atoms with van der Waals surface area (Å²) in [5.41, 5.74) is 6.95. The fraction of sp³-hybridized carbons (Fsp3) is 0.154. The molecule has 0 aliphatic heterocycles. The van der Waals surface area contributed by atoms with E-state index in [1.165, 1.54) is 6.07 Å². The molecule has 0 aliphatic rings. The smallest absolute Gasteiger partial charge is 0.312 e. The van der Waals surface area contributed by atoms with Crippen molar-refractivity contribution in [1.29, 1.82) is 0 Å². The number of aryl methyl sites for hydroxylation is 2. The zero-order valence-corrected chi connectivity index (χ0v) is 10.6. The van der Waals surface area contributed by atoms with Crippen molar-refractivity contribution < 1.29 is 9.66 Å². The Morgan fingerprint density at radius 1 is 1.32 bits per heavy atom. The van der Waals surface area contributed by atoms with Crippen LogP contribution in [0.2, 0.25) is 0 Å². The summed E-state index contributed by atoms with van der Waals surface area (Å²) in [6, 6.07) is 8.17. The van der Waals surface area contributed by atoms with Crippen LogP contribution in [0.25, 0.3) is 0 Å². The zero-order chi connectivity index (χ0) is 14.0. The lowest BCUT2D eigenvalue weighted by molar-refractivity contribution is -0.385. The van der Waals surface area contributed by atoms with Gasteiger partial charge in [0.2, 0.25) is 11.6 Å². The van der Waals surface area contributed by atoms with Gasteiger partial charge in [-0.2, -0.15) is 4.98 Å². The predicted molar refractivity (Wildman–Crippen MR) is 71.3 cm³/mol. The highest BCUT2D eigenvalue weighted by Crippen LogP contribution is 2.35. The lowest BCUT2D eigenvalue weighted by Crippen LogP contribution is -1.99. The number of nitro groups is 1. The van der Waals surface area contributed by atoms with Crippen molar-refractivity contribution in [2.24, 2.45) is 0 Å². The Labute approximate surface area is 110 Å². The van der Waals surface area contributed by atoms with Gasteiger partial charge >= 0.3 is 5.69 Å². The molecule has 6 nitrogen and oxygen atoms in total. The standard InChI is InChI=1S/C13H13N3O3/c1-8-6-9(2)13(10(7-8)16(17)18)19-12-5-3-4-11(14)15-12/h3-7H,1-2H3,(H2,14,15). The van der Waals surface area contributed by atoms with Crippen LogP contribution in [0, 0.1) is 24.0 Å². The van der Waals surface area contributed by atoms with E-state index in [0.717, 1.165) is 5.56 Å². The van der Waals surface area contributed by atoms with Crippen LogP contribution in [0.3, 0.4) is 0 Å². The molecule has 19 heavy (non-hydrogen) atoms. The van der Waals surface area contributed by atoms with Crippen LogP contribution >= 0.6 is 0 Å². The Kier molecular flexibility index (Phi) is 3.33. The van der Waals surface area contributed by atoms with Gasteiger partial charge in [0.25, 0.3) is 0 Å². The number of benzene rings is 1. The lowest BCUT2D eigenvalue weighted by Gasteiger charge is -2.09. The van der Waals surface area contributed by atoms with E-state index >= 15 is 0 Å². The molecule has 0 bridgehead atoms. The van der Waals surface area contributed by atoms with Gasteiger partial charge in [-0.25, -0.2) is 0 Å². The van der Waals surface area contributed by atoms with E-state index in [2.05, 4.69) is 4.98 Å². The number of anilines is 1. The summed E-state index contributed by atoms with van der Waals surface area (Å²) in [7, 11) is 0. The molecule has 2 N–H and O–H groups in total. The highest BCUT2D eigenvalue weighted by molar-refractivity contribution is 5.55. The highest BCUT2D eigenvalue weighted by Gasteiger charge is 2.19. The van der Waals surface area contributed by atoms with Crippen LogP contribution in [0.15, 0.2) is 30.3 Å². The number of ether oxygens (including phenoxy) is 1. The maximum absolute atomic E-state index is 11.1. The SMILES string of the molecule is Cc1cc(C)c(Oc2cccc(N)n2)c([N+](=O)[O-])c1. The average molecular weight is 259 g/mol. The minimum Gasteiger partial charge on any atom is -0.431 e.